The third kappa shape index (κ3) is 3.01. The summed E-state index contributed by atoms with van der Waals surface area (Å²) in [5, 5.41) is 8.37. The SMILES string of the molecule is Cc1cc(CNc2ccc(Cl)cc2Br)n(C)n1. The first-order valence-corrected chi connectivity index (χ1v) is 6.42. The second-order valence-corrected chi connectivity index (χ2v) is 5.17. The zero-order chi connectivity index (χ0) is 12.4. The molecule has 1 aromatic heterocycles. The molecule has 0 amide bonds. The Kier molecular flexibility index (Phi) is 3.74. The van der Waals surface area contributed by atoms with Crippen molar-refractivity contribution in [1.82, 2.24) is 9.78 Å². The molecule has 0 aliphatic carbocycles. The summed E-state index contributed by atoms with van der Waals surface area (Å²) < 4.78 is 2.84. The van der Waals surface area contributed by atoms with E-state index in [1.807, 2.05) is 36.9 Å². The number of anilines is 1. The van der Waals surface area contributed by atoms with Crippen molar-refractivity contribution in [3.05, 3.63) is 45.1 Å². The lowest BCUT2D eigenvalue weighted by molar-refractivity contribution is 0.713. The number of aryl methyl sites for hydroxylation is 2. The van der Waals surface area contributed by atoms with E-state index >= 15 is 0 Å². The van der Waals surface area contributed by atoms with Crippen molar-refractivity contribution in [2.24, 2.45) is 7.05 Å². The Morgan fingerprint density at radius 3 is 2.76 bits per heavy atom. The lowest BCUT2D eigenvalue weighted by atomic mass is 10.3. The molecule has 90 valence electrons. The molecule has 0 fully saturated rings. The molecule has 1 heterocycles. The second-order valence-electron chi connectivity index (χ2n) is 3.88. The quantitative estimate of drug-likeness (QED) is 0.935. The number of hydrogen-bond donors (Lipinski definition) is 1. The van der Waals surface area contributed by atoms with Gasteiger partial charge >= 0.3 is 0 Å². The molecular weight excluding hydrogens is 302 g/mol. The number of aromatic nitrogens is 2. The maximum absolute atomic E-state index is 5.89. The molecule has 0 bridgehead atoms. The van der Waals surface area contributed by atoms with E-state index in [2.05, 4.69) is 32.4 Å². The summed E-state index contributed by atoms with van der Waals surface area (Å²) in [6, 6.07) is 7.76. The van der Waals surface area contributed by atoms with Crippen LogP contribution >= 0.6 is 27.5 Å². The molecule has 17 heavy (non-hydrogen) atoms. The zero-order valence-electron chi connectivity index (χ0n) is 9.67. The van der Waals surface area contributed by atoms with Gasteiger partial charge in [-0.15, -0.1) is 0 Å². The Morgan fingerprint density at radius 2 is 2.18 bits per heavy atom. The molecule has 0 radical (unpaired) electrons. The average molecular weight is 315 g/mol. The monoisotopic (exact) mass is 313 g/mol. The van der Waals surface area contributed by atoms with E-state index in [1.54, 1.807) is 0 Å². The summed E-state index contributed by atoms with van der Waals surface area (Å²) in [6.45, 7) is 2.72. The molecule has 2 rings (SSSR count). The summed E-state index contributed by atoms with van der Waals surface area (Å²) in [5.41, 5.74) is 3.19. The third-order valence-electron chi connectivity index (χ3n) is 2.49. The van der Waals surface area contributed by atoms with Gasteiger partial charge in [-0.2, -0.15) is 5.10 Å². The summed E-state index contributed by atoms with van der Waals surface area (Å²) in [6.07, 6.45) is 0. The van der Waals surface area contributed by atoms with Crippen molar-refractivity contribution in [3.63, 3.8) is 0 Å². The van der Waals surface area contributed by atoms with Gasteiger partial charge in [0.15, 0.2) is 0 Å². The largest absolute Gasteiger partial charge is 0.378 e. The van der Waals surface area contributed by atoms with Crippen LogP contribution in [0.4, 0.5) is 5.69 Å². The first kappa shape index (κ1) is 12.5. The van der Waals surface area contributed by atoms with E-state index in [4.69, 9.17) is 11.6 Å². The van der Waals surface area contributed by atoms with Crippen LogP contribution < -0.4 is 5.32 Å². The van der Waals surface area contributed by atoms with Crippen LogP contribution in [0, 0.1) is 6.92 Å². The maximum Gasteiger partial charge on any atom is 0.0597 e. The standard InChI is InChI=1S/C12H13BrClN3/c1-8-5-10(17(2)16-8)7-15-12-4-3-9(14)6-11(12)13/h3-6,15H,7H2,1-2H3. The van der Waals surface area contributed by atoms with E-state index in [-0.39, 0.29) is 0 Å². The second kappa shape index (κ2) is 5.10. The van der Waals surface area contributed by atoms with Gasteiger partial charge in [-0.25, -0.2) is 0 Å². The normalized spacial score (nSPS) is 10.6. The minimum absolute atomic E-state index is 0.721. The van der Waals surface area contributed by atoms with Crippen LogP contribution in [-0.2, 0) is 13.6 Å². The minimum Gasteiger partial charge on any atom is -0.378 e. The van der Waals surface area contributed by atoms with Crippen LogP contribution in [0.5, 0.6) is 0 Å². The molecule has 2 aromatic rings. The maximum atomic E-state index is 5.89. The first-order valence-electron chi connectivity index (χ1n) is 5.24. The predicted octanol–water partition coefficient (Wildman–Crippen LogP) is 3.76. The summed E-state index contributed by atoms with van der Waals surface area (Å²) in [5.74, 6) is 0. The van der Waals surface area contributed by atoms with Crippen molar-refractivity contribution >= 4 is 33.2 Å². The highest BCUT2D eigenvalue weighted by Gasteiger charge is 2.04. The Bertz CT molecular complexity index is 537. The zero-order valence-corrected chi connectivity index (χ0v) is 12.0. The van der Waals surface area contributed by atoms with Crippen molar-refractivity contribution in [2.45, 2.75) is 13.5 Å². The molecule has 0 saturated heterocycles. The van der Waals surface area contributed by atoms with Gasteiger partial charge in [-0.1, -0.05) is 11.6 Å². The number of halogens is 2. The van der Waals surface area contributed by atoms with Crippen LogP contribution in [0.1, 0.15) is 11.4 Å². The number of nitrogens with zero attached hydrogens (tertiary/aromatic N) is 2. The molecular formula is C12H13BrClN3. The van der Waals surface area contributed by atoms with Gasteiger partial charge in [0.2, 0.25) is 0 Å². The molecule has 1 aromatic carbocycles. The van der Waals surface area contributed by atoms with Crippen molar-refractivity contribution < 1.29 is 0 Å². The summed E-state index contributed by atoms with van der Waals surface area (Å²) >= 11 is 9.37. The fourth-order valence-electron chi connectivity index (χ4n) is 1.65. The van der Waals surface area contributed by atoms with E-state index in [1.165, 1.54) is 0 Å². The van der Waals surface area contributed by atoms with E-state index in [0.29, 0.717) is 0 Å². The fourth-order valence-corrected chi connectivity index (χ4v) is 2.47. The van der Waals surface area contributed by atoms with Gasteiger partial charge in [-0.05, 0) is 47.1 Å². The molecule has 3 nitrogen and oxygen atoms in total. The average Bonchev–Trinajstić information content (AvgIpc) is 2.56. The van der Waals surface area contributed by atoms with E-state index in [9.17, 15) is 0 Å². The van der Waals surface area contributed by atoms with Gasteiger partial charge in [0.1, 0.15) is 0 Å². The van der Waals surface area contributed by atoms with Crippen molar-refractivity contribution in [2.75, 3.05) is 5.32 Å². The first-order chi connectivity index (χ1) is 8.06. The molecule has 1 N–H and O–H groups in total. The number of rotatable bonds is 3. The van der Waals surface area contributed by atoms with Gasteiger partial charge < -0.3 is 5.32 Å². The topological polar surface area (TPSA) is 29.9 Å². The van der Waals surface area contributed by atoms with Crippen LogP contribution in [-0.4, -0.2) is 9.78 Å². The number of hydrogen-bond acceptors (Lipinski definition) is 2. The Balaban J connectivity index is 2.10. The molecule has 0 saturated carbocycles. The van der Waals surface area contributed by atoms with Gasteiger partial charge in [0.25, 0.3) is 0 Å². The molecule has 0 aliphatic heterocycles. The third-order valence-corrected chi connectivity index (χ3v) is 3.38. The Hall–Kier alpha value is -1.00. The van der Waals surface area contributed by atoms with Gasteiger partial charge in [-0.3, -0.25) is 4.68 Å². The highest BCUT2D eigenvalue weighted by Crippen LogP contribution is 2.26. The van der Waals surface area contributed by atoms with Crippen LogP contribution in [0.25, 0.3) is 0 Å². The smallest absolute Gasteiger partial charge is 0.0597 e. The molecule has 0 atom stereocenters. The highest BCUT2D eigenvalue weighted by atomic mass is 79.9. The fraction of sp³-hybridized carbons (Fsp3) is 0.250. The van der Waals surface area contributed by atoms with E-state index < -0.39 is 0 Å². The predicted molar refractivity (Wildman–Crippen MR) is 74.4 cm³/mol. The Labute approximate surface area is 114 Å². The van der Waals surface area contributed by atoms with Crippen molar-refractivity contribution in [3.8, 4) is 0 Å². The van der Waals surface area contributed by atoms with Crippen LogP contribution in [0.3, 0.4) is 0 Å². The summed E-state index contributed by atoms with van der Waals surface area (Å²) in [4.78, 5) is 0. The van der Waals surface area contributed by atoms with Crippen LogP contribution in [0.2, 0.25) is 5.02 Å². The molecule has 0 unspecified atom stereocenters. The molecule has 0 aliphatic rings. The Morgan fingerprint density at radius 1 is 1.41 bits per heavy atom. The molecule has 0 spiro atoms. The lowest BCUT2D eigenvalue weighted by Crippen LogP contribution is -2.05. The van der Waals surface area contributed by atoms with Crippen LogP contribution in [0.15, 0.2) is 28.7 Å². The van der Waals surface area contributed by atoms with E-state index in [0.717, 1.165) is 33.1 Å². The number of nitrogens with one attached hydrogen (secondary N) is 1. The van der Waals surface area contributed by atoms with Gasteiger partial charge in [0, 0.05) is 22.2 Å². The van der Waals surface area contributed by atoms with Crippen molar-refractivity contribution in [1.29, 1.82) is 0 Å². The minimum atomic E-state index is 0.721. The molecule has 5 heteroatoms. The van der Waals surface area contributed by atoms with Gasteiger partial charge in [0.05, 0.1) is 17.9 Å². The summed E-state index contributed by atoms with van der Waals surface area (Å²) in [7, 11) is 1.95. The highest BCUT2D eigenvalue weighted by molar-refractivity contribution is 9.10. The number of benzene rings is 1. The lowest BCUT2D eigenvalue weighted by Gasteiger charge is -2.08.